The van der Waals surface area contributed by atoms with E-state index in [9.17, 15) is 0 Å². The summed E-state index contributed by atoms with van der Waals surface area (Å²) in [7, 11) is 0. The molecule has 0 aromatic heterocycles. The van der Waals surface area contributed by atoms with Gasteiger partial charge in [-0.2, -0.15) is 0 Å². The molecule has 1 fully saturated rings. The van der Waals surface area contributed by atoms with E-state index < -0.39 is 0 Å². The lowest BCUT2D eigenvalue weighted by Crippen LogP contribution is -1.85. The molecule has 1 aromatic carbocycles. The van der Waals surface area contributed by atoms with Gasteiger partial charge in [0.25, 0.3) is 0 Å². The Labute approximate surface area is 85.2 Å². The zero-order chi connectivity index (χ0) is 8.72. The Bertz CT molecular complexity index is 320. The van der Waals surface area contributed by atoms with Crippen molar-refractivity contribution in [3.05, 3.63) is 32.8 Å². The number of benzene rings is 1. The summed E-state index contributed by atoms with van der Waals surface area (Å²) in [6.07, 6.45) is 0.0451. The van der Waals surface area contributed by atoms with Crippen molar-refractivity contribution >= 4 is 34.8 Å². The number of hydrogen-bond donors (Lipinski definition) is 0. The fourth-order valence-electron chi connectivity index (χ4n) is 1.05. The van der Waals surface area contributed by atoms with Crippen molar-refractivity contribution < 1.29 is 4.74 Å². The molecule has 0 N–H and O–H groups in total. The first-order chi connectivity index (χ1) is 5.70. The molecule has 1 unspecified atom stereocenters. The van der Waals surface area contributed by atoms with Gasteiger partial charge in [0.1, 0.15) is 6.10 Å². The predicted octanol–water partition coefficient (Wildman–Crippen LogP) is 3.72. The van der Waals surface area contributed by atoms with Crippen LogP contribution in [-0.2, 0) is 4.74 Å². The summed E-state index contributed by atoms with van der Waals surface area (Å²) in [6.45, 7) is 0.680. The van der Waals surface area contributed by atoms with Crippen LogP contribution in [0.4, 0.5) is 0 Å². The third-order valence-corrected chi connectivity index (χ3v) is 2.88. The van der Waals surface area contributed by atoms with E-state index in [1.165, 1.54) is 0 Å². The average Bonchev–Trinajstić information content (AvgIpc) is 2.81. The Morgan fingerprint density at radius 1 is 1.17 bits per heavy atom. The van der Waals surface area contributed by atoms with Crippen molar-refractivity contribution in [1.29, 1.82) is 0 Å². The van der Waals surface area contributed by atoms with E-state index >= 15 is 0 Å². The molecule has 1 atom stereocenters. The minimum Gasteiger partial charge on any atom is -0.368 e. The largest absolute Gasteiger partial charge is 0.368 e. The lowest BCUT2D eigenvalue weighted by molar-refractivity contribution is 0.416. The minimum absolute atomic E-state index is 0.0451. The molecule has 0 spiro atoms. The van der Waals surface area contributed by atoms with Crippen molar-refractivity contribution in [3.63, 3.8) is 0 Å². The highest BCUT2D eigenvalue weighted by Crippen LogP contribution is 2.42. The van der Waals surface area contributed by atoms with E-state index in [4.69, 9.17) is 39.5 Å². The van der Waals surface area contributed by atoms with E-state index in [2.05, 4.69) is 0 Å². The summed E-state index contributed by atoms with van der Waals surface area (Å²) >= 11 is 17.7. The number of halogens is 3. The van der Waals surface area contributed by atoms with Crippen LogP contribution in [0.3, 0.4) is 0 Å². The molecule has 0 aliphatic carbocycles. The molecule has 1 heterocycles. The Kier molecular flexibility index (Phi) is 2.21. The van der Waals surface area contributed by atoms with Crippen molar-refractivity contribution in [2.24, 2.45) is 0 Å². The monoisotopic (exact) mass is 222 g/mol. The van der Waals surface area contributed by atoms with Crippen molar-refractivity contribution in [1.82, 2.24) is 0 Å². The first-order valence-electron chi connectivity index (χ1n) is 3.45. The van der Waals surface area contributed by atoms with Gasteiger partial charge in [-0.1, -0.05) is 34.8 Å². The molecule has 1 aromatic rings. The van der Waals surface area contributed by atoms with E-state index in [1.54, 1.807) is 12.1 Å². The van der Waals surface area contributed by atoms with Crippen LogP contribution in [0.2, 0.25) is 15.1 Å². The lowest BCUT2D eigenvalue weighted by atomic mass is 10.2. The summed E-state index contributed by atoms with van der Waals surface area (Å²) in [5.74, 6) is 0. The normalized spacial score (nSPS) is 21.1. The summed E-state index contributed by atoms with van der Waals surface area (Å²) in [4.78, 5) is 0. The molecule has 0 saturated carbocycles. The summed E-state index contributed by atoms with van der Waals surface area (Å²) in [6, 6.07) is 3.41. The van der Waals surface area contributed by atoms with Gasteiger partial charge in [0.2, 0.25) is 0 Å². The molecular formula is C8H5Cl3O. The maximum absolute atomic E-state index is 5.94. The number of rotatable bonds is 1. The molecule has 12 heavy (non-hydrogen) atoms. The fourth-order valence-corrected chi connectivity index (χ4v) is 1.83. The van der Waals surface area contributed by atoms with Gasteiger partial charge in [-0.05, 0) is 12.1 Å². The van der Waals surface area contributed by atoms with Crippen LogP contribution in [0, 0.1) is 0 Å². The molecule has 1 aliphatic rings. The fraction of sp³-hybridized carbons (Fsp3) is 0.250. The van der Waals surface area contributed by atoms with E-state index in [-0.39, 0.29) is 6.10 Å². The Morgan fingerprint density at radius 3 is 2.33 bits per heavy atom. The highest BCUT2D eigenvalue weighted by Gasteiger charge is 2.30. The molecule has 0 amide bonds. The van der Waals surface area contributed by atoms with Crippen LogP contribution in [0.1, 0.15) is 11.7 Å². The van der Waals surface area contributed by atoms with E-state index in [0.717, 1.165) is 5.56 Å². The first-order valence-corrected chi connectivity index (χ1v) is 4.58. The third kappa shape index (κ3) is 1.42. The van der Waals surface area contributed by atoms with E-state index in [1.807, 2.05) is 0 Å². The molecular weight excluding hydrogens is 218 g/mol. The number of hydrogen-bond acceptors (Lipinski definition) is 1. The molecule has 1 aliphatic heterocycles. The van der Waals surface area contributed by atoms with Crippen LogP contribution in [-0.4, -0.2) is 6.61 Å². The lowest BCUT2D eigenvalue weighted by Gasteiger charge is -2.04. The summed E-state index contributed by atoms with van der Waals surface area (Å²) in [5, 5.41) is 1.64. The van der Waals surface area contributed by atoms with Crippen molar-refractivity contribution in [3.8, 4) is 0 Å². The highest BCUT2D eigenvalue weighted by molar-refractivity contribution is 6.44. The van der Waals surface area contributed by atoms with Gasteiger partial charge < -0.3 is 4.74 Å². The van der Waals surface area contributed by atoms with E-state index in [0.29, 0.717) is 21.7 Å². The van der Waals surface area contributed by atoms with Gasteiger partial charge >= 0.3 is 0 Å². The standard InChI is InChI=1S/C8H5Cl3O/c9-4-1-2-5(10)8(11)7(4)6-3-12-6/h1-2,6H,3H2. The second-order valence-corrected chi connectivity index (χ2v) is 3.77. The van der Waals surface area contributed by atoms with Gasteiger partial charge in [0.15, 0.2) is 0 Å². The Morgan fingerprint density at radius 2 is 1.75 bits per heavy atom. The molecule has 1 saturated heterocycles. The van der Waals surface area contributed by atoms with Crippen LogP contribution in [0.15, 0.2) is 12.1 Å². The van der Waals surface area contributed by atoms with Crippen molar-refractivity contribution in [2.75, 3.05) is 6.61 Å². The smallest absolute Gasteiger partial charge is 0.109 e. The number of ether oxygens (including phenoxy) is 1. The maximum Gasteiger partial charge on any atom is 0.109 e. The quantitative estimate of drug-likeness (QED) is 0.522. The third-order valence-electron chi connectivity index (χ3n) is 1.73. The molecule has 1 nitrogen and oxygen atoms in total. The SMILES string of the molecule is Clc1ccc(Cl)c(C2CO2)c1Cl. The zero-order valence-corrected chi connectivity index (χ0v) is 8.25. The second-order valence-electron chi connectivity index (χ2n) is 2.58. The Balaban J connectivity index is 2.55. The highest BCUT2D eigenvalue weighted by atomic mass is 35.5. The molecule has 0 bridgehead atoms. The Hall–Kier alpha value is 0.0500. The van der Waals surface area contributed by atoms with Gasteiger partial charge in [0.05, 0.1) is 16.7 Å². The second kappa shape index (κ2) is 3.08. The molecule has 4 heteroatoms. The molecule has 64 valence electrons. The van der Waals surface area contributed by atoms with Crippen LogP contribution >= 0.6 is 34.8 Å². The average molecular weight is 223 g/mol. The van der Waals surface area contributed by atoms with Crippen LogP contribution in [0.25, 0.3) is 0 Å². The van der Waals surface area contributed by atoms with Crippen LogP contribution in [0.5, 0.6) is 0 Å². The van der Waals surface area contributed by atoms with Crippen molar-refractivity contribution in [2.45, 2.75) is 6.10 Å². The van der Waals surface area contributed by atoms with Gasteiger partial charge in [-0.3, -0.25) is 0 Å². The topological polar surface area (TPSA) is 12.5 Å². The predicted molar refractivity (Wildman–Crippen MR) is 50.2 cm³/mol. The molecule has 0 radical (unpaired) electrons. The van der Waals surface area contributed by atoms with Gasteiger partial charge in [-0.15, -0.1) is 0 Å². The summed E-state index contributed by atoms with van der Waals surface area (Å²) < 4.78 is 5.08. The zero-order valence-electron chi connectivity index (χ0n) is 5.98. The minimum atomic E-state index is 0.0451. The first kappa shape index (κ1) is 8.64. The maximum atomic E-state index is 5.94. The molecule has 2 rings (SSSR count). The van der Waals surface area contributed by atoms with Gasteiger partial charge in [0, 0.05) is 10.6 Å². The van der Waals surface area contributed by atoms with Crippen LogP contribution < -0.4 is 0 Å². The van der Waals surface area contributed by atoms with Gasteiger partial charge in [-0.25, -0.2) is 0 Å². The summed E-state index contributed by atoms with van der Waals surface area (Å²) in [5.41, 5.74) is 0.811. The number of epoxide rings is 1.